The molecule has 1 aromatic carbocycles. The van der Waals surface area contributed by atoms with Crippen molar-refractivity contribution < 1.29 is 9.32 Å². The molecule has 1 amide bonds. The maximum absolute atomic E-state index is 12.5. The van der Waals surface area contributed by atoms with Gasteiger partial charge in [-0.1, -0.05) is 48.8 Å². The molecule has 1 fully saturated rings. The van der Waals surface area contributed by atoms with E-state index in [0.717, 1.165) is 62.3 Å². The fourth-order valence-corrected chi connectivity index (χ4v) is 4.14. The molecule has 6 heteroatoms. The molecule has 1 N–H and O–H groups in total. The number of amides is 1. The van der Waals surface area contributed by atoms with Crippen LogP contribution < -0.4 is 5.32 Å². The summed E-state index contributed by atoms with van der Waals surface area (Å²) >= 11 is 0. The van der Waals surface area contributed by atoms with Crippen molar-refractivity contribution in [1.82, 2.24) is 15.4 Å². The third-order valence-corrected chi connectivity index (χ3v) is 6.16. The lowest BCUT2D eigenvalue weighted by atomic mass is 9.84. The summed E-state index contributed by atoms with van der Waals surface area (Å²) in [6.45, 7) is 5.26. The Labute approximate surface area is 187 Å². The largest absolute Gasteiger partial charge is 0.361 e. The van der Waals surface area contributed by atoms with E-state index in [-0.39, 0.29) is 12.4 Å². The highest BCUT2D eigenvalue weighted by Gasteiger charge is 2.23. The van der Waals surface area contributed by atoms with E-state index >= 15 is 0 Å². The molecule has 30 heavy (non-hydrogen) atoms. The lowest BCUT2D eigenvalue weighted by molar-refractivity contribution is -0.131. The average molecular weight is 434 g/mol. The van der Waals surface area contributed by atoms with Crippen LogP contribution in [0.4, 0.5) is 0 Å². The molecule has 1 aliphatic heterocycles. The first-order valence-electron chi connectivity index (χ1n) is 11.1. The van der Waals surface area contributed by atoms with Crippen molar-refractivity contribution >= 4 is 18.3 Å². The molecule has 2 heterocycles. The summed E-state index contributed by atoms with van der Waals surface area (Å²) in [4.78, 5) is 14.4. The van der Waals surface area contributed by atoms with Crippen molar-refractivity contribution in [3.8, 4) is 11.3 Å². The number of halogens is 1. The highest BCUT2D eigenvalue weighted by Crippen LogP contribution is 2.25. The highest BCUT2D eigenvalue weighted by molar-refractivity contribution is 5.85. The Morgan fingerprint density at radius 2 is 1.93 bits per heavy atom. The van der Waals surface area contributed by atoms with Gasteiger partial charge in [-0.3, -0.25) is 4.79 Å². The third-order valence-electron chi connectivity index (χ3n) is 6.16. The van der Waals surface area contributed by atoms with Crippen molar-refractivity contribution in [2.24, 2.45) is 11.8 Å². The summed E-state index contributed by atoms with van der Waals surface area (Å²) in [6.07, 6.45) is 7.15. The van der Waals surface area contributed by atoms with Gasteiger partial charge in [0.2, 0.25) is 5.91 Å². The van der Waals surface area contributed by atoms with Gasteiger partial charge < -0.3 is 14.7 Å². The van der Waals surface area contributed by atoms with Crippen LogP contribution in [0, 0.1) is 11.8 Å². The van der Waals surface area contributed by atoms with Gasteiger partial charge in [-0.2, -0.15) is 0 Å². The molecule has 0 aliphatic carbocycles. The Morgan fingerprint density at radius 1 is 1.20 bits per heavy atom. The first-order chi connectivity index (χ1) is 14.1. The zero-order chi connectivity index (χ0) is 20.5. The van der Waals surface area contributed by atoms with E-state index in [1.54, 1.807) is 0 Å². The molecule has 2 aromatic rings. The predicted octanol–water partition coefficient (Wildman–Crippen LogP) is 4.96. The fourth-order valence-electron chi connectivity index (χ4n) is 4.14. The number of aryl methyl sites for hydroxylation is 1. The van der Waals surface area contributed by atoms with E-state index in [2.05, 4.69) is 17.4 Å². The summed E-state index contributed by atoms with van der Waals surface area (Å²) < 4.78 is 5.47. The minimum atomic E-state index is 0. The quantitative estimate of drug-likeness (QED) is 0.538. The van der Waals surface area contributed by atoms with E-state index in [4.69, 9.17) is 4.52 Å². The molecule has 3 rings (SSSR count). The summed E-state index contributed by atoms with van der Waals surface area (Å²) in [5.41, 5.74) is 1.98. The molecule has 1 unspecified atom stereocenters. The van der Waals surface area contributed by atoms with Crippen LogP contribution in [0.15, 0.2) is 40.9 Å². The number of aromatic nitrogens is 1. The molecule has 0 saturated carbocycles. The molecule has 1 saturated heterocycles. The van der Waals surface area contributed by atoms with E-state index in [1.165, 1.54) is 12.8 Å². The van der Waals surface area contributed by atoms with Crippen molar-refractivity contribution in [2.45, 2.75) is 51.9 Å². The van der Waals surface area contributed by atoms with Gasteiger partial charge in [-0.05, 0) is 50.6 Å². The molecule has 5 nitrogen and oxygen atoms in total. The van der Waals surface area contributed by atoms with Crippen LogP contribution in [-0.4, -0.2) is 42.6 Å². The number of hydrogen-bond acceptors (Lipinski definition) is 4. The van der Waals surface area contributed by atoms with E-state index < -0.39 is 0 Å². The number of carbonyl (C=O) groups excluding carboxylic acids is 1. The van der Waals surface area contributed by atoms with Gasteiger partial charge in [0.05, 0.1) is 0 Å². The Balaban J connectivity index is 0.00000320. The van der Waals surface area contributed by atoms with Gasteiger partial charge in [0.15, 0.2) is 0 Å². The first-order valence-corrected chi connectivity index (χ1v) is 11.1. The average Bonchev–Trinajstić information content (AvgIpc) is 3.23. The fraction of sp³-hybridized carbons (Fsp3) is 0.583. The molecule has 0 radical (unpaired) electrons. The van der Waals surface area contributed by atoms with Gasteiger partial charge >= 0.3 is 0 Å². The Kier molecular flexibility index (Phi) is 10.4. The Morgan fingerprint density at radius 3 is 2.67 bits per heavy atom. The van der Waals surface area contributed by atoms with E-state index in [9.17, 15) is 4.79 Å². The number of carbonyl (C=O) groups is 1. The smallest absolute Gasteiger partial charge is 0.222 e. The standard InChI is InChI=1S/C24H35N3O2.ClH/c1-19(20-12-14-25-15-13-20)17-24(28)27(2)16-8-4-7-11-22-18-23(26-29-22)21-9-5-3-6-10-21;/h3,5-6,9-10,18-20,25H,4,7-8,11-17H2,1-2H3;1H. The van der Waals surface area contributed by atoms with Crippen molar-refractivity contribution in [3.63, 3.8) is 0 Å². The first kappa shape index (κ1) is 24.4. The topological polar surface area (TPSA) is 58.4 Å². The molecule has 1 atom stereocenters. The molecular weight excluding hydrogens is 398 g/mol. The van der Waals surface area contributed by atoms with Gasteiger partial charge in [0, 0.05) is 38.1 Å². The summed E-state index contributed by atoms with van der Waals surface area (Å²) in [7, 11) is 1.94. The summed E-state index contributed by atoms with van der Waals surface area (Å²) in [5.74, 6) is 2.40. The van der Waals surface area contributed by atoms with Crippen LogP contribution in [0.3, 0.4) is 0 Å². The minimum absolute atomic E-state index is 0. The molecule has 0 bridgehead atoms. The number of rotatable bonds is 10. The Hall–Kier alpha value is -1.85. The normalized spacial score (nSPS) is 15.4. The number of benzene rings is 1. The van der Waals surface area contributed by atoms with Gasteiger partial charge in [0.25, 0.3) is 0 Å². The minimum Gasteiger partial charge on any atom is -0.361 e. The Bertz CT molecular complexity index is 744. The van der Waals surface area contributed by atoms with E-state index in [1.807, 2.05) is 48.3 Å². The lowest BCUT2D eigenvalue weighted by Gasteiger charge is -2.29. The number of nitrogens with one attached hydrogen (secondary N) is 1. The lowest BCUT2D eigenvalue weighted by Crippen LogP contribution is -2.34. The van der Waals surface area contributed by atoms with Crippen LogP contribution in [0.5, 0.6) is 0 Å². The monoisotopic (exact) mass is 433 g/mol. The maximum Gasteiger partial charge on any atom is 0.222 e. The second-order valence-corrected chi connectivity index (χ2v) is 8.44. The van der Waals surface area contributed by atoms with Gasteiger partial charge in [-0.25, -0.2) is 0 Å². The second-order valence-electron chi connectivity index (χ2n) is 8.44. The highest BCUT2D eigenvalue weighted by atomic mass is 35.5. The van der Waals surface area contributed by atoms with Crippen LogP contribution >= 0.6 is 12.4 Å². The van der Waals surface area contributed by atoms with Crippen LogP contribution in [0.25, 0.3) is 11.3 Å². The van der Waals surface area contributed by atoms with Crippen molar-refractivity contribution in [2.75, 3.05) is 26.7 Å². The van der Waals surface area contributed by atoms with Crippen LogP contribution in [0.1, 0.15) is 51.2 Å². The number of hydrogen-bond donors (Lipinski definition) is 1. The van der Waals surface area contributed by atoms with Crippen LogP contribution in [-0.2, 0) is 11.2 Å². The molecule has 1 aromatic heterocycles. The number of nitrogens with zero attached hydrogens (tertiary/aromatic N) is 2. The van der Waals surface area contributed by atoms with Crippen LogP contribution in [0.2, 0.25) is 0 Å². The molecule has 1 aliphatic rings. The number of piperidine rings is 1. The number of unbranched alkanes of at least 4 members (excludes halogenated alkanes) is 2. The molecule has 0 spiro atoms. The third kappa shape index (κ3) is 7.44. The van der Waals surface area contributed by atoms with Crippen molar-refractivity contribution in [3.05, 3.63) is 42.2 Å². The zero-order valence-electron chi connectivity index (χ0n) is 18.3. The molecule has 166 valence electrons. The molecular formula is C24H36ClN3O2. The van der Waals surface area contributed by atoms with E-state index in [0.29, 0.717) is 24.2 Å². The van der Waals surface area contributed by atoms with Crippen molar-refractivity contribution in [1.29, 1.82) is 0 Å². The summed E-state index contributed by atoms with van der Waals surface area (Å²) in [6, 6.07) is 12.1. The summed E-state index contributed by atoms with van der Waals surface area (Å²) in [5, 5.41) is 7.57. The van der Waals surface area contributed by atoms with Gasteiger partial charge in [0.1, 0.15) is 11.5 Å². The predicted molar refractivity (Wildman–Crippen MR) is 124 cm³/mol. The maximum atomic E-state index is 12.5. The van der Waals surface area contributed by atoms with Gasteiger partial charge in [-0.15, -0.1) is 12.4 Å². The zero-order valence-corrected chi connectivity index (χ0v) is 19.1. The SMILES string of the molecule is CC(CC(=O)N(C)CCCCCc1cc(-c2ccccc2)no1)C1CCNCC1.Cl. The second kappa shape index (κ2) is 12.8.